The average molecular weight is 357 g/mol. The lowest BCUT2D eigenvalue weighted by molar-refractivity contribution is 0.246. The van der Waals surface area contributed by atoms with Crippen LogP contribution in [0.15, 0.2) is 40.9 Å². The van der Waals surface area contributed by atoms with E-state index in [1.807, 2.05) is 18.2 Å². The summed E-state index contributed by atoms with van der Waals surface area (Å²) in [6.45, 7) is 0.546. The summed E-state index contributed by atoms with van der Waals surface area (Å²) in [6, 6.07) is 10.5. The Morgan fingerprint density at radius 1 is 1.30 bits per heavy atom. The molecule has 1 N–H and O–H groups in total. The van der Waals surface area contributed by atoms with Crippen LogP contribution in [-0.2, 0) is 6.42 Å². The van der Waals surface area contributed by atoms with Crippen molar-refractivity contribution in [1.82, 2.24) is 0 Å². The molecule has 0 aromatic heterocycles. The van der Waals surface area contributed by atoms with Crippen molar-refractivity contribution >= 4 is 33.2 Å². The Morgan fingerprint density at radius 3 is 2.95 bits per heavy atom. The van der Waals surface area contributed by atoms with Crippen molar-refractivity contribution in [2.75, 3.05) is 11.9 Å². The lowest BCUT2D eigenvalue weighted by atomic mass is 10.1. The largest absolute Gasteiger partial charge is 0.488 e. The molecule has 2 aromatic carbocycles. The number of hydrogen-bond donors (Lipinski definition) is 1. The molecule has 0 saturated heterocycles. The molecule has 0 bridgehead atoms. The van der Waals surface area contributed by atoms with Crippen LogP contribution < -0.4 is 10.1 Å². The van der Waals surface area contributed by atoms with Gasteiger partial charge < -0.3 is 10.1 Å². The van der Waals surface area contributed by atoms with Gasteiger partial charge in [-0.3, -0.25) is 0 Å². The maximum Gasteiger partial charge on any atom is 0.147 e. The normalized spacial score (nSPS) is 16.6. The summed E-state index contributed by atoms with van der Waals surface area (Å²) < 4.78 is 20.2. The average Bonchev–Trinajstić information content (AvgIpc) is 2.79. The molecule has 3 rings (SSSR count). The Labute approximate surface area is 130 Å². The lowest BCUT2D eigenvalue weighted by Gasteiger charge is -2.13. The topological polar surface area (TPSA) is 21.3 Å². The van der Waals surface area contributed by atoms with E-state index in [4.69, 9.17) is 16.3 Å². The van der Waals surface area contributed by atoms with Crippen LogP contribution in [0.3, 0.4) is 0 Å². The van der Waals surface area contributed by atoms with Gasteiger partial charge in [0.15, 0.2) is 0 Å². The molecule has 0 radical (unpaired) electrons. The smallest absolute Gasteiger partial charge is 0.147 e. The summed E-state index contributed by atoms with van der Waals surface area (Å²) in [4.78, 5) is 0. The van der Waals surface area contributed by atoms with Crippen molar-refractivity contribution in [3.63, 3.8) is 0 Å². The van der Waals surface area contributed by atoms with Crippen molar-refractivity contribution in [2.24, 2.45) is 0 Å². The SMILES string of the molecule is Fc1cc(Br)ccc1NCC1Cc2cc(Cl)ccc2O1. The number of benzene rings is 2. The number of halogens is 3. The number of hydrogen-bond acceptors (Lipinski definition) is 2. The second kappa shape index (κ2) is 5.62. The molecule has 0 saturated carbocycles. The third kappa shape index (κ3) is 2.91. The minimum Gasteiger partial charge on any atom is -0.488 e. The van der Waals surface area contributed by atoms with E-state index >= 15 is 0 Å². The summed E-state index contributed by atoms with van der Waals surface area (Å²) in [5.74, 6) is 0.579. The van der Waals surface area contributed by atoms with Crippen molar-refractivity contribution in [3.05, 3.63) is 57.3 Å². The van der Waals surface area contributed by atoms with Crippen molar-refractivity contribution in [3.8, 4) is 5.75 Å². The van der Waals surface area contributed by atoms with Crippen LogP contribution in [0.4, 0.5) is 10.1 Å². The zero-order valence-corrected chi connectivity index (χ0v) is 12.8. The van der Waals surface area contributed by atoms with Gasteiger partial charge in [0.2, 0.25) is 0 Å². The Morgan fingerprint density at radius 2 is 2.15 bits per heavy atom. The van der Waals surface area contributed by atoms with Gasteiger partial charge in [-0.15, -0.1) is 0 Å². The second-order valence-corrected chi connectivity index (χ2v) is 6.05. The molecule has 0 aliphatic carbocycles. The van der Waals surface area contributed by atoms with E-state index in [0.717, 1.165) is 22.2 Å². The highest BCUT2D eigenvalue weighted by atomic mass is 79.9. The Kier molecular flexibility index (Phi) is 3.85. The van der Waals surface area contributed by atoms with Gasteiger partial charge in [-0.25, -0.2) is 4.39 Å². The lowest BCUT2D eigenvalue weighted by Crippen LogP contribution is -2.24. The van der Waals surface area contributed by atoms with E-state index < -0.39 is 0 Å². The molecule has 0 fully saturated rings. The molecular formula is C15H12BrClFNO. The van der Waals surface area contributed by atoms with Crippen LogP contribution in [0, 0.1) is 5.82 Å². The van der Waals surface area contributed by atoms with Gasteiger partial charge in [0.25, 0.3) is 0 Å². The highest BCUT2D eigenvalue weighted by Crippen LogP contribution is 2.31. The Balaban J connectivity index is 1.63. The van der Waals surface area contributed by atoms with E-state index in [0.29, 0.717) is 17.3 Å². The van der Waals surface area contributed by atoms with Gasteiger partial charge in [0.1, 0.15) is 17.7 Å². The first-order valence-corrected chi connectivity index (χ1v) is 7.43. The number of fused-ring (bicyclic) bond motifs is 1. The van der Waals surface area contributed by atoms with Crippen LogP contribution in [0.2, 0.25) is 5.02 Å². The summed E-state index contributed by atoms with van der Waals surface area (Å²) in [6.07, 6.45) is 0.771. The first-order chi connectivity index (χ1) is 9.61. The number of anilines is 1. The molecule has 1 aliphatic heterocycles. The fourth-order valence-electron chi connectivity index (χ4n) is 2.26. The van der Waals surface area contributed by atoms with Gasteiger partial charge in [-0.2, -0.15) is 0 Å². The number of nitrogens with one attached hydrogen (secondary N) is 1. The molecule has 2 aromatic rings. The summed E-state index contributed by atoms with van der Waals surface area (Å²) >= 11 is 9.19. The summed E-state index contributed by atoms with van der Waals surface area (Å²) in [5.41, 5.74) is 1.58. The quantitative estimate of drug-likeness (QED) is 0.864. The molecular weight excluding hydrogens is 345 g/mol. The summed E-state index contributed by atoms with van der Waals surface area (Å²) in [7, 11) is 0. The summed E-state index contributed by atoms with van der Waals surface area (Å²) in [5, 5.41) is 3.79. The van der Waals surface area contributed by atoms with E-state index in [1.165, 1.54) is 6.07 Å². The number of rotatable bonds is 3. The van der Waals surface area contributed by atoms with Gasteiger partial charge >= 0.3 is 0 Å². The fourth-order valence-corrected chi connectivity index (χ4v) is 2.79. The molecule has 104 valence electrons. The third-order valence-electron chi connectivity index (χ3n) is 3.22. The van der Waals surface area contributed by atoms with Crippen LogP contribution in [-0.4, -0.2) is 12.6 Å². The van der Waals surface area contributed by atoms with Crippen molar-refractivity contribution < 1.29 is 9.13 Å². The van der Waals surface area contributed by atoms with Gasteiger partial charge in [0, 0.05) is 15.9 Å². The van der Waals surface area contributed by atoms with Crippen molar-refractivity contribution in [1.29, 1.82) is 0 Å². The molecule has 5 heteroatoms. The van der Waals surface area contributed by atoms with E-state index in [1.54, 1.807) is 12.1 Å². The molecule has 0 spiro atoms. The maximum atomic E-state index is 13.7. The molecule has 1 unspecified atom stereocenters. The van der Waals surface area contributed by atoms with Crippen LogP contribution >= 0.6 is 27.5 Å². The van der Waals surface area contributed by atoms with Crippen LogP contribution in [0.25, 0.3) is 0 Å². The predicted molar refractivity (Wildman–Crippen MR) is 82.2 cm³/mol. The van der Waals surface area contributed by atoms with Gasteiger partial charge in [-0.1, -0.05) is 27.5 Å². The maximum absolute atomic E-state index is 13.7. The number of ether oxygens (including phenoxy) is 1. The molecule has 1 aliphatic rings. The minimum atomic E-state index is -0.280. The van der Waals surface area contributed by atoms with E-state index in [2.05, 4.69) is 21.2 Å². The first-order valence-electron chi connectivity index (χ1n) is 6.26. The van der Waals surface area contributed by atoms with E-state index in [-0.39, 0.29) is 11.9 Å². The van der Waals surface area contributed by atoms with Crippen LogP contribution in [0.1, 0.15) is 5.56 Å². The Bertz CT molecular complexity index is 650. The van der Waals surface area contributed by atoms with Gasteiger partial charge in [-0.05, 0) is 42.0 Å². The molecule has 1 atom stereocenters. The van der Waals surface area contributed by atoms with Gasteiger partial charge in [0.05, 0.1) is 12.2 Å². The zero-order valence-electron chi connectivity index (χ0n) is 10.5. The second-order valence-electron chi connectivity index (χ2n) is 4.70. The Hall–Kier alpha value is -1.26. The molecule has 0 amide bonds. The molecule has 2 nitrogen and oxygen atoms in total. The fraction of sp³-hybridized carbons (Fsp3) is 0.200. The first kappa shape index (κ1) is 13.7. The molecule has 20 heavy (non-hydrogen) atoms. The highest BCUT2D eigenvalue weighted by molar-refractivity contribution is 9.10. The minimum absolute atomic E-state index is 0.00786. The molecule has 1 heterocycles. The van der Waals surface area contributed by atoms with Crippen molar-refractivity contribution in [2.45, 2.75) is 12.5 Å². The standard InChI is InChI=1S/C15H12BrClFNO/c16-10-1-3-14(13(18)7-10)19-8-12-6-9-5-11(17)2-4-15(9)20-12/h1-5,7,12,19H,6,8H2. The third-order valence-corrected chi connectivity index (χ3v) is 3.94. The van der Waals surface area contributed by atoms with Crippen LogP contribution in [0.5, 0.6) is 5.75 Å². The van der Waals surface area contributed by atoms with E-state index in [9.17, 15) is 4.39 Å². The predicted octanol–water partition coefficient (Wildman–Crippen LogP) is 4.66. The monoisotopic (exact) mass is 355 g/mol. The highest BCUT2D eigenvalue weighted by Gasteiger charge is 2.23. The zero-order chi connectivity index (χ0) is 14.1.